The molecule has 3 N–H and O–H groups in total. The summed E-state index contributed by atoms with van der Waals surface area (Å²) in [4.78, 5) is 14.2. The van der Waals surface area contributed by atoms with Crippen LogP contribution in [0.3, 0.4) is 0 Å². The van der Waals surface area contributed by atoms with Crippen molar-refractivity contribution in [1.29, 1.82) is 0 Å². The molecule has 0 fully saturated rings. The van der Waals surface area contributed by atoms with Crippen LogP contribution in [0.2, 0.25) is 0 Å². The van der Waals surface area contributed by atoms with E-state index in [0.29, 0.717) is 12.0 Å². The van der Waals surface area contributed by atoms with E-state index in [1.54, 1.807) is 0 Å². The van der Waals surface area contributed by atoms with Gasteiger partial charge in [-0.15, -0.1) is 0 Å². The Labute approximate surface area is 131 Å². The van der Waals surface area contributed by atoms with Crippen LogP contribution >= 0.6 is 0 Å². The number of hydrogen-bond acceptors (Lipinski definition) is 3. The topological polar surface area (TPSA) is 58.4 Å². The third-order valence-electron chi connectivity index (χ3n) is 4.01. The van der Waals surface area contributed by atoms with Crippen molar-refractivity contribution in [1.82, 2.24) is 10.2 Å². The van der Waals surface area contributed by atoms with Gasteiger partial charge in [0.25, 0.3) is 0 Å². The van der Waals surface area contributed by atoms with Crippen LogP contribution in [0.1, 0.15) is 67.2 Å². The molecule has 0 radical (unpaired) electrons. The van der Waals surface area contributed by atoms with Gasteiger partial charge in [0.15, 0.2) is 0 Å². The minimum Gasteiger partial charge on any atom is -0.368 e. The Bertz CT molecular complexity index is 292. The summed E-state index contributed by atoms with van der Waals surface area (Å²) >= 11 is 0. The minimum atomic E-state index is -0.559. The Morgan fingerprint density at radius 3 is 2.29 bits per heavy atom. The molecule has 0 aromatic rings. The van der Waals surface area contributed by atoms with Crippen molar-refractivity contribution in [2.45, 2.75) is 78.8 Å². The second-order valence-electron chi connectivity index (χ2n) is 7.06. The van der Waals surface area contributed by atoms with E-state index in [1.807, 2.05) is 6.92 Å². The first kappa shape index (κ1) is 20.4. The van der Waals surface area contributed by atoms with E-state index in [-0.39, 0.29) is 5.91 Å². The number of carbonyl (C=O) groups is 1. The van der Waals surface area contributed by atoms with Gasteiger partial charge in [0, 0.05) is 12.6 Å². The average molecular weight is 300 g/mol. The Balaban J connectivity index is 4.22. The van der Waals surface area contributed by atoms with Crippen molar-refractivity contribution in [2.75, 3.05) is 19.6 Å². The lowest BCUT2D eigenvalue weighted by Gasteiger charge is -2.30. The van der Waals surface area contributed by atoms with Crippen molar-refractivity contribution in [3.05, 3.63) is 0 Å². The predicted octanol–water partition coefficient (Wildman–Crippen LogP) is 2.77. The number of nitrogens with two attached hydrogens (primary N) is 1. The number of carbonyl (C=O) groups excluding carboxylic acids is 1. The van der Waals surface area contributed by atoms with Gasteiger partial charge in [0.05, 0.1) is 5.54 Å². The van der Waals surface area contributed by atoms with Crippen LogP contribution in [0.25, 0.3) is 0 Å². The average Bonchev–Trinajstić information content (AvgIpc) is 2.39. The fraction of sp³-hybridized carbons (Fsp3) is 0.941. The van der Waals surface area contributed by atoms with Crippen LogP contribution in [-0.2, 0) is 4.79 Å². The highest BCUT2D eigenvalue weighted by Crippen LogP contribution is 2.15. The largest absolute Gasteiger partial charge is 0.368 e. The molecule has 1 atom stereocenters. The maximum absolute atomic E-state index is 11.7. The molecule has 0 rings (SSSR count). The van der Waals surface area contributed by atoms with Gasteiger partial charge in [0.2, 0.25) is 5.91 Å². The molecule has 0 aliphatic carbocycles. The van der Waals surface area contributed by atoms with Gasteiger partial charge in [-0.05, 0) is 65.5 Å². The lowest BCUT2D eigenvalue weighted by Crippen LogP contribution is -2.53. The van der Waals surface area contributed by atoms with Crippen LogP contribution in [0.5, 0.6) is 0 Å². The lowest BCUT2D eigenvalue weighted by atomic mass is 9.93. The Hall–Kier alpha value is -0.610. The third-order valence-corrected chi connectivity index (χ3v) is 4.01. The number of nitrogens with zero attached hydrogens (tertiary/aromatic N) is 1. The molecule has 4 heteroatoms. The van der Waals surface area contributed by atoms with Gasteiger partial charge in [-0.1, -0.05) is 20.8 Å². The summed E-state index contributed by atoms with van der Waals surface area (Å²) < 4.78 is 0. The monoisotopic (exact) mass is 299 g/mol. The van der Waals surface area contributed by atoms with Gasteiger partial charge < -0.3 is 16.0 Å². The van der Waals surface area contributed by atoms with E-state index in [2.05, 4.69) is 44.8 Å². The van der Waals surface area contributed by atoms with Crippen LogP contribution in [0.15, 0.2) is 0 Å². The lowest BCUT2D eigenvalue weighted by molar-refractivity contribution is -0.124. The number of hydrogen-bond donors (Lipinski definition) is 2. The molecule has 1 amide bonds. The first-order chi connectivity index (χ1) is 9.73. The number of nitrogens with one attached hydrogen (secondary N) is 1. The molecular formula is C17H37N3O. The molecule has 4 nitrogen and oxygen atoms in total. The van der Waals surface area contributed by atoms with E-state index in [1.165, 1.54) is 0 Å². The molecular weight excluding hydrogens is 262 g/mol. The van der Waals surface area contributed by atoms with Crippen molar-refractivity contribution >= 4 is 5.91 Å². The first-order valence-corrected chi connectivity index (χ1v) is 8.52. The van der Waals surface area contributed by atoms with E-state index >= 15 is 0 Å². The summed E-state index contributed by atoms with van der Waals surface area (Å²) in [5.41, 5.74) is 5.00. The number of primary amides is 1. The van der Waals surface area contributed by atoms with Gasteiger partial charge >= 0.3 is 0 Å². The van der Waals surface area contributed by atoms with Gasteiger partial charge in [-0.2, -0.15) is 0 Å². The molecule has 0 aromatic heterocycles. The zero-order valence-corrected chi connectivity index (χ0v) is 15.0. The molecule has 126 valence electrons. The Morgan fingerprint density at radius 1 is 1.24 bits per heavy atom. The summed E-state index contributed by atoms with van der Waals surface area (Å²) in [6, 6.07) is 0.577. The van der Waals surface area contributed by atoms with Gasteiger partial charge in [-0.25, -0.2) is 0 Å². The SMILES string of the molecule is CCCNC(C)(CCCCN(CC(C)C)C(C)C)C(N)=O. The molecule has 0 aliphatic heterocycles. The van der Waals surface area contributed by atoms with E-state index in [9.17, 15) is 4.79 Å². The van der Waals surface area contributed by atoms with E-state index in [0.717, 1.165) is 45.3 Å². The second-order valence-corrected chi connectivity index (χ2v) is 7.06. The normalized spacial score (nSPS) is 14.9. The van der Waals surface area contributed by atoms with E-state index < -0.39 is 5.54 Å². The van der Waals surface area contributed by atoms with E-state index in [4.69, 9.17) is 5.73 Å². The number of rotatable bonds is 12. The third kappa shape index (κ3) is 8.42. The molecule has 0 aromatic carbocycles. The Morgan fingerprint density at radius 2 is 1.86 bits per heavy atom. The van der Waals surface area contributed by atoms with Crippen molar-refractivity contribution in [3.63, 3.8) is 0 Å². The maximum Gasteiger partial charge on any atom is 0.237 e. The van der Waals surface area contributed by atoms with Crippen LogP contribution in [0, 0.1) is 5.92 Å². The molecule has 1 unspecified atom stereocenters. The summed E-state index contributed by atoms with van der Waals surface area (Å²) in [6.07, 6.45) is 3.97. The molecule has 0 bridgehead atoms. The first-order valence-electron chi connectivity index (χ1n) is 8.52. The Kier molecular flexibility index (Phi) is 9.88. The highest BCUT2D eigenvalue weighted by atomic mass is 16.1. The molecule has 0 spiro atoms. The zero-order chi connectivity index (χ0) is 16.5. The molecule has 0 heterocycles. The van der Waals surface area contributed by atoms with Crippen LogP contribution in [0.4, 0.5) is 0 Å². The molecule has 0 aliphatic rings. The van der Waals surface area contributed by atoms with Crippen LogP contribution < -0.4 is 11.1 Å². The maximum atomic E-state index is 11.7. The fourth-order valence-corrected chi connectivity index (χ4v) is 2.52. The summed E-state index contributed by atoms with van der Waals surface area (Å²) in [5, 5.41) is 3.30. The quantitative estimate of drug-likeness (QED) is 0.545. The van der Waals surface area contributed by atoms with Gasteiger partial charge in [0.1, 0.15) is 0 Å². The number of amides is 1. The summed E-state index contributed by atoms with van der Waals surface area (Å²) in [5.74, 6) is 0.452. The standard InChI is InChI=1S/C17H37N3O/c1-7-11-19-17(6,16(18)21)10-8-9-12-20(15(4)5)13-14(2)3/h14-15,19H,7-13H2,1-6H3,(H2,18,21). The summed E-state index contributed by atoms with van der Waals surface area (Å²) in [7, 11) is 0. The predicted molar refractivity (Wildman–Crippen MR) is 91.3 cm³/mol. The summed E-state index contributed by atoms with van der Waals surface area (Å²) in [6.45, 7) is 16.1. The smallest absolute Gasteiger partial charge is 0.237 e. The molecule has 21 heavy (non-hydrogen) atoms. The van der Waals surface area contributed by atoms with Gasteiger partial charge in [-0.3, -0.25) is 4.79 Å². The zero-order valence-electron chi connectivity index (χ0n) is 15.0. The molecule has 0 saturated heterocycles. The fourth-order valence-electron chi connectivity index (χ4n) is 2.52. The van der Waals surface area contributed by atoms with Crippen LogP contribution in [-0.4, -0.2) is 42.0 Å². The second kappa shape index (κ2) is 10.2. The van der Waals surface area contributed by atoms with Crippen molar-refractivity contribution in [3.8, 4) is 0 Å². The van der Waals surface area contributed by atoms with Crippen molar-refractivity contribution < 1.29 is 4.79 Å². The van der Waals surface area contributed by atoms with Crippen molar-refractivity contribution in [2.24, 2.45) is 11.7 Å². The highest BCUT2D eigenvalue weighted by Gasteiger charge is 2.29. The highest BCUT2D eigenvalue weighted by molar-refractivity contribution is 5.84. The minimum absolute atomic E-state index is 0.237. The molecule has 0 saturated carbocycles. The number of unbranched alkanes of at least 4 members (excludes halogenated alkanes) is 1.